The predicted octanol–water partition coefficient (Wildman–Crippen LogP) is 7.93. The monoisotopic (exact) mass is 535 g/mol. The Morgan fingerprint density at radius 2 is 1.36 bits per heavy atom. The zero-order chi connectivity index (χ0) is 23.5. The molecule has 4 rings (SSSR count). The van der Waals surface area contributed by atoms with Gasteiger partial charge in [0.15, 0.2) is 5.13 Å². The van der Waals surface area contributed by atoms with Crippen LogP contribution in [0.15, 0.2) is 66.0 Å². The highest BCUT2D eigenvalue weighted by Gasteiger charge is 2.15. The van der Waals surface area contributed by atoms with Gasteiger partial charge >= 0.3 is 0 Å². The second-order valence-corrected chi connectivity index (χ2v) is 9.32. The highest BCUT2D eigenvalue weighted by atomic mass is 35.5. The van der Waals surface area contributed by atoms with Crippen LogP contribution in [0.2, 0.25) is 20.1 Å². The third-order valence-corrected chi connectivity index (χ3v) is 6.35. The minimum atomic E-state index is -0.390. The fourth-order valence-electron chi connectivity index (χ4n) is 2.93. The van der Waals surface area contributed by atoms with Crippen molar-refractivity contribution in [1.29, 1.82) is 0 Å². The van der Waals surface area contributed by atoms with E-state index in [1.807, 2.05) is 6.07 Å². The molecular formula is C23H13Cl4N3O2S. The average molecular weight is 537 g/mol. The Morgan fingerprint density at radius 3 is 1.97 bits per heavy atom. The molecule has 0 aliphatic rings. The smallest absolute Gasteiger partial charge is 0.258 e. The van der Waals surface area contributed by atoms with Gasteiger partial charge in [-0.1, -0.05) is 58.5 Å². The minimum Gasteiger partial charge on any atom is -0.322 e. The number of nitrogens with one attached hydrogen (secondary N) is 2. The summed E-state index contributed by atoms with van der Waals surface area (Å²) in [6, 6.07) is 16.5. The van der Waals surface area contributed by atoms with Gasteiger partial charge < -0.3 is 5.32 Å². The van der Waals surface area contributed by atoms with E-state index in [9.17, 15) is 9.59 Å². The Labute approximate surface area is 213 Å². The van der Waals surface area contributed by atoms with Gasteiger partial charge in [0.25, 0.3) is 11.8 Å². The van der Waals surface area contributed by atoms with Crippen LogP contribution in [0.5, 0.6) is 0 Å². The number of nitrogens with zero attached hydrogens (tertiary/aromatic N) is 1. The fraction of sp³-hybridized carbons (Fsp3) is 0. The van der Waals surface area contributed by atoms with Crippen molar-refractivity contribution in [2.24, 2.45) is 0 Å². The minimum absolute atomic E-state index is 0.251. The van der Waals surface area contributed by atoms with Crippen LogP contribution in [-0.2, 0) is 0 Å². The van der Waals surface area contributed by atoms with Crippen molar-refractivity contribution >= 4 is 80.4 Å². The lowest BCUT2D eigenvalue weighted by molar-refractivity contribution is 0.101. The van der Waals surface area contributed by atoms with Gasteiger partial charge in [0.2, 0.25) is 0 Å². The van der Waals surface area contributed by atoms with E-state index in [-0.39, 0.29) is 16.0 Å². The lowest BCUT2D eigenvalue weighted by atomic mass is 10.1. The number of hydrogen-bond donors (Lipinski definition) is 2. The second kappa shape index (κ2) is 10.1. The number of carbonyl (C=O) groups is 2. The number of amides is 2. The molecule has 0 saturated heterocycles. The van der Waals surface area contributed by atoms with E-state index in [0.717, 1.165) is 5.56 Å². The summed E-state index contributed by atoms with van der Waals surface area (Å²) in [7, 11) is 0. The molecule has 0 radical (unpaired) electrons. The summed E-state index contributed by atoms with van der Waals surface area (Å²) in [5.74, 6) is -0.752. The van der Waals surface area contributed by atoms with Gasteiger partial charge in [0, 0.05) is 26.7 Å². The molecular weight excluding hydrogens is 524 g/mol. The summed E-state index contributed by atoms with van der Waals surface area (Å²) >= 11 is 25.3. The molecule has 0 unspecified atom stereocenters. The molecule has 0 bridgehead atoms. The molecule has 5 nitrogen and oxygen atoms in total. The topological polar surface area (TPSA) is 71.1 Å². The molecule has 0 aliphatic heterocycles. The van der Waals surface area contributed by atoms with Gasteiger partial charge in [-0.15, -0.1) is 11.3 Å². The van der Waals surface area contributed by atoms with Crippen molar-refractivity contribution in [2.45, 2.75) is 0 Å². The molecule has 33 heavy (non-hydrogen) atoms. The number of thiazole rings is 1. The first-order chi connectivity index (χ1) is 15.8. The van der Waals surface area contributed by atoms with E-state index in [1.165, 1.54) is 23.5 Å². The van der Waals surface area contributed by atoms with E-state index in [4.69, 9.17) is 46.4 Å². The van der Waals surface area contributed by atoms with Crippen LogP contribution in [0.3, 0.4) is 0 Å². The molecule has 166 valence electrons. The molecule has 2 N–H and O–H groups in total. The highest BCUT2D eigenvalue weighted by molar-refractivity contribution is 7.14. The van der Waals surface area contributed by atoms with E-state index in [1.54, 1.807) is 47.8 Å². The molecule has 10 heteroatoms. The Kier molecular flexibility index (Phi) is 7.22. The van der Waals surface area contributed by atoms with Crippen LogP contribution in [0.1, 0.15) is 20.7 Å². The molecule has 4 aromatic rings. The second-order valence-electron chi connectivity index (χ2n) is 6.78. The molecule has 0 spiro atoms. The number of anilines is 2. The van der Waals surface area contributed by atoms with Crippen molar-refractivity contribution in [1.82, 2.24) is 4.98 Å². The van der Waals surface area contributed by atoms with E-state index in [2.05, 4.69) is 15.6 Å². The predicted molar refractivity (Wildman–Crippen MR) is 136 cm³/mol. The molecule has 3 aromatic carbocycles. The van der Waals surface area contributed by atoms with Crippen molar-refractivity contribution in [3.63, 3.8) is 0 Å². The van der Waals surface area contributed by atoms with E-state index >= 15 is 0 Å². The number of aromatic nitrogens is 1. The zero-order valence-electron chi connectivity index (χ0n) is 16.5. The molecule has 1 aromatic heterocycles. The van der Waals surface area contributed by atoms with Gasteiger partial charge in [0.1, 0.15) is 0 Å². The summed E-state index contributed by atoms with van der Waals surface area (Å²) in [6.45, 7) is 0. The maximum Gasteiger partial charge on any atom is 0.258 e. The molecule has 0 fully saturated rings. The van der Waals surface area contributed by atoms with E-state index < -0.39 is 5.91 Å². The van der Waals surface area contributed by atoms with E-state index in [0.29, 0.717) is 37.7 Å². The first-order valence-electron chi connectivity index (χ1n) is 9.39. The summed E-state index contributed by atoms with van der Waals surface area (Å²) in [5, 5.41) is 9.16. The van der Waals surface area contributed by atoms with Gasteiger partial charge in [0.05, 0.1) is 26.9 Å². The van der Waals surface area contributed by atoms with Crippen molar-refractivity contribution in [2.75, 3.05) is 10.6 Å². The van der Waals surface area contributed by atoms with Gasteiger partial charge in [-0.05, 0) is 48.5 Å². The first-order valence-corrected chi connectivity index (χ1v) is 11.8. The molecule has 0 aliphatic carbocycles. The zero-order valence-corrected chi connectivity index (χ0v) is 20.4. The molecule has 1 heterocycles. The van der Waals surface area contributed by atoms with Gasteiger partial charge in [-0.3, -0.25) is 14.9 Å². The lowest BCUT2D eigenvalue weighted by Crippen LogP contribution is -2.12. The van der Waals surface area contributed by atoms with Gasteiger partial charge in [-0.2, -0.15) is 0 Å². The number of rotatable bonds is 5. The van der Waals surface area contributed by atoms with Crippen LogP contribution in [0, 0.1) is 0 Å². The SMILES string of the molecule is O=C(Nc1cccc(-c2csc(NC(=O)c3ccc(Cl)cc3Cl)n2)c1)c1ccc(Cl)cc1Cl. The Hall–Kier alpha value is -2.61. The number of benzene rings is 3. The Balaban J connectivity index is 1.49. The highest BCUT2D eigenvalue weighted by Crippen LogP contribution is 2.29. The standard InChI is InChI=1S/C23H13Cl4N3O2S/c24-13-4-6-16(18(26)9-13)21(31)28-15-3-1-2-12(8-15)20-11-33-23(29-20)30-22(32)17-7-5-14(25)10-19(17)27/h1-11H,(H,28,31)(H,29,30,32). The first kappa shape index (κ1) is 23.5. The Bertz CT molecular complexity index is 1370. The van der Waals surface area contributed by atoms with Crippen molar-refractivity contribution < 1.29 is 9.59 Å². The lowest BCUT2D eigenvalue weighted by Gasteiger charge is -2.08. The van der Waals surface area contributed by atoms with Crippen LogP contribution in [0.25, 0.3) is 11.3 Å². The number of hydrogen-bond acceptors (Lipinski definition) is 4. The van der Waals surface area contributed by atoms with Crippen LogP contribution in [-0.4, -0.2) is 16.8 Å². The van der Waals surface area contributed by atoms with Crippen molar-refractivity contribution in [3.05, 3.63) is 97.3 Å². The maximum atomic E-state index is 12.6. The normalized spacial score (nSPS) is 10.7. The average Bonchev–Trinajstić information content (AvgIpc) is 3.22. The van der Waals surface area contributed by atoms with Crippen LogP contribution < -0.4 is 10.6 Å². The third kappa shape index (κ3) is 5.66. The number of halogens is 4. The molecule has 0 saturated carbocycles. The third-order valence-electron chi connectivity index (χ3n) is 4.49. The maximum absolute atomic E-state index is 12.6. The summed E-state index contributed by atoms with van der Waals surface area (Å²) in [4.78, 5) is 29.6. The summed E-state index contributed by atoms with van der Waals surface area (Å²) in [6.07, 6.45) is 0. The van der Waals surface area contributed by atoms with Gasteiger partial charge in [-0.25, -0.2) is 4.98 Å². The quantitative estimate of drug-likeness (QED) is 0.272. The van der Waals surface area contributed by atoms with Crippen molar-refractivity contribution in [3.8, 4) is 11.3 Å². The summed E-state index contributed by atoms with van der Waals surface area (Å²) in [5.41, 5.74) is 2.57. The number of carbonyl (C=O) groups excluding carboxylic acids is 2. The molecule has 0 atom stereocenters. The van der Waals surface area contributed by atoms with Crippen LogP contribution >= 0.6 is 57.7 Å². The largest absolute Gasteiger partial charge is 0.322 e. The molecule has 2 amide bonds. The van der Waals surface area contributed by atoms with Crippen LogP contribution in [0.4, 0.5) is 10.8 Å². The summed E-state index contributed by atoms with van der Waals surface area (Å²) < 4.78 is 0. The fourth-order valence-corrected chi connectivity index (χ4v) is 4.63. The Morgan fingerprint density at radius 1 is 0.758 bits per heavy atom.